The normalized spacial score (nSPS) is 14.3. The minimum Gasteiger partial charge on any atom is -0.493 e. The van der Waals surface area contributed by atoms with Crippen molar-refractivity contribution in [3.8, 4) is 11.5 Å². The van der Waals surface area contributed by atoms with Crippen molar-refractivity contribution in [2.45, 2.75) is 6.54 Å². The summed E-state index contributed by atoms with van der Waals surface area (Å²) in [5.74, 6) is 1.24. The summed E-state index contributed by atoms with van der Waals surface area (Å²) in [5.41, 5.74) is 2.52. The van der Waals surface area contributed by atoms with E-state index in [9.17, 15) is 4.79 Å². The number of rotatable bonds is 7. The first-order valence-corrected chi connectivity index (χ1v) is 9.59. The van der Waals surface area contributed by atoms with Crippen LogP contribution in [0.15, 0.2) is 48.5 Å². The van der Waals surface area contributed by atoms with Crippen molar-refractivity contribution in [1.82, 2.24) is 9.80 Å². The molecule has 2 aromatic carbocycles. The summed E-state index contributed by atoms with van der Waals surface area (Å²) in [7, 11) is 5.74. The number of hydrogen-bond acceptors (Lipinski definition) is 5. The number of carbonyl (C=O) groups excluding carboxylic acids is 1. The van der Waals surface area contributed by atoms with E-state index in [1.165, 1.54) is 11.3 Å². The molecule has 1 amide bonds. The lowest BCUT2D eigenvalue weighted by atomic mass is 10.1. The van der Waals surface area contributed by atoms with Crippen molar-refractivity contribution in [1.29, 1.82) is 0 Å². The number of anilines is 1. The highest BCUT2D eigenvalue weighted by molar-refractivity contribution is 5.78. The lowest BCUT2D eigenvalue weighted by Crippen LogP contribution is -2.50. The van der Waals surface area contributed by atoms with Gasteiger partial charge in [0.1, 0.15) is 0 Å². The molecule has 0 N–H and O–H groups in total. The molecule has 1 aliphatic rings. The molecule has 1 aliphatic heterocycles. The van der Waals surface area contributed by atoms with Crippen molar-refractivity contribution in [3.63, 3.8) is 0 Å². The average molecular weight is 383 g/mol. The molecule has 0 atom stereocenters. The number of carbonyl (C=O) groups is 1. The summed E-state index contributed by atoms with van der Waals surface area (Å²) in [6.45, 7) is 4.00. The Labute approximate surface area is 167 Å². The summed E-state index contributed by atoms with van der Waals surface area (Å²) in [4.78, 5) is 18.9. The van der Waals surface area contributed by atoms with Crippen molar-refractivity contribution in [2.24, 2.45) is 0 Å². The summed E-state index contributed by atoms with van der Waals surface area (Å²) < 4.78 is 10.9. The van der Waals surface area contributed by atoms with Gasteiger partial charge in [0.15, 0.2) is 18.1 Å². The Morgan fingerprint density at radius 3 is 2.39 bits per heavy atom. The fraction of sp³-hybridized carbons (Fsp3) is 0.409. The van der Waals surface area contributed by atoms with Gasteiger partial charge >= 0.3 is 0 Å². The molecule has 0 radical (unpaired) electrons. The van der Waals surface area contributed by atoms with Crippen molar-refractivity contribution in [3.05, 3.63) is 54.1 Å². The van der Waals surface area contributed by atoms with Crippen LogP contribution in [0.5, 0.6) is 11.5 Å². The van der Waals surface area contributed by atoms with Crippen LogP contribution >= 0.6 is 0 Å². The molecule has 0 aliphatic carbocycles. The summed E-state index contributed by atoms with van der Waals surface area (Å²) in [5, 5.41) is 0. The molecule has 1 fully saturated rings. The van der Waals surface area contributed by atoms with Gasteiger partial charge in [-0.05, 0) is 43.9 Å². The number of para-hydroxylation sites is 2. The van der Waals surface area contributed by atoms with E-state index in [1.54, 1.807) is 7.11 Å². The molecule has 1 saturated heterocycles. The Balaban J connectivity index is 1.51. The van der Waals surface area contributed by atoms with Crippen LogP contribution in [0.3, 0.4) is 0 Å². The lowest BCUT2D eigenvalue weighted by molar-refractivity contribution is -0.133. The first kappa shape index (κ1) is 20.0. The highest BCUT2D eigenvalue weighted by atomic mass is 16.5. The van der Waals surface area contributed by atoms with E-state index >= 15 is 0 Å². The smallest absolute Gasteiger partial charge is 0.260 e. The van der Waals surface area contributed by atoms with Crippen LogP contribution in [-0.2, 0) is 11.3 Å². The zero-order valence-corrected chi connectivity index (χ0v) is 16.9. The Bertz CT molecular complexity index is 786. The highest BCUT2D eigenvalue weighted by Gasteiger charge is 2.22. The van der Waals surface area contributed by atoms with Gasteiger partial charge in [-0.2, -0.15) is 0 Å². The molecule has 0 aromatic heterocycles. The molecule has 3 rings (SSSR count). The molecule has 0 bridgehead atoms. The van der Waals surface area contributed by atoms with Gasteiger partial charge in [0.2, 0.25) is 0 Å². The van der Waals surface area contributed by atoms with Gasteiger partial charge in [0.25, 0.3) is 5.91 Å². The monoisotopic (exact) mass is 383 g/mol. The maximum absolute atomic E-state index is 12.5. The van der Waals surface area contributed by atoms with Crippen LogP contribution in [0.2, 0.25) is 0 Å². The highest BCUT2D eigenvalue weighted by Crippen LogP contribution is 2.26. The van der Waals surface area contributed by atoms with E-state index in [2.05, 4.69) is 48.2 Å². The number of benzene rings is 2. The predicted molar refractivity (Wildman–Crippen MR) is 111 cm³/mol. The fourth-order valence-electron chi connectivity index (χ4n) is 3.40. The third kappa shape index (κ3) is 5.16. The lowest BCUT2D eigenvalue weighted by Gasteiger charge is -2.36. The zero-order valence-electron chi connectivity index (χ0n) is 16.9. The topological polar surface area (TPSA) is 45.3 Å². The molecule has 6 heteroatoms. The second-order valence-corrected chi connectivity index (χ2v) is 7.22. The molecular formula is C22H29N3O3. The van der Waals surface area contributed by atoms with Gasteiger partial charge in [0.05, 0.1) is 7.11 Å². The van der Waals surface area contributed by atoms with E-state index in [1.807, 2.05) is 29.2 Å². The van der Waals surface area contributed by atoms with E-state index < -0.39 is 0 Å². The quantitative estimate of drug-likeness (QED) is 0.735. The molecular weight excluding hydrogens is 354 g/mol. The molecule has 150 valence electrons. The first-order chi connectivity index (χ1) is 13.6. The standard InChI is InChI=1S/C22H29N3O3/c1-23(2)16-18-7-6-8-19(15-18)24-11-13-25(14-12-24)22(26)17-28-21-10-5-4-9-20(21)27-3/h4-10,15H,11-14,16-17H2,1-3H3. The minimum absolute atomic E-state index is 0.00640. The van der Waals surface area contributed by atoms with Gasteiger partial charge in [0, 0.05) is 38.4 Å². The summed E-state index contributed by atoms with van der Waals surface area (Å²) in [6, 6.07) is 16.0. The SMILES string of the molecule is COc1ccccc1OCC(=O)N1CCN(c2cccc(CN(C)C)c2)CC1. The van der Waals surface area contributed by atoms with E-state index in [0.717, 1.165) is 19.6 Å². The van der Waals surface area contributed by atoms with Crippen LogP contribution in [0.1, 0.15) is 5.56 Å². The van der Waals surface area contributed by atoms with Gasteiger partial charge < -0.3 is 24.2 Å². The molecule has 0 spiro atoms. The van der Waals surface area contributed by atoms with Crippen LogP contribution in [0.25, 0.3) is 0 Å². The number of nitrogens with zero attached hydrogens (tertiary/aromatic N) is 3. The third-order valence-corrected chi connectivity index (χ3v) is 4.83. The Morgan fingerprint density at radius 1 is 1.00 bits per heavy atom. The number of hydrogen-bond donors (Lipinski definition) is 0. The fourth-order valence-corrected chi connectivity index (χ4v) is 3.40. The molecule has 1 heterocycles. The minimum atomic E-state index is 0.00640. The zero-order chi connectivity index (χ0) is 19.9. The Hall–Kier alpha value is -2.73. The predicted octanol–water partition coefficient (Wildman–Crippen LogP) is 2.48. The molecule has 28 heavy (non-hydrogen) atoms. The number of amides is 1. The average Bonchev–Trinajstić information content (AvgIpc) is 2.72. The molecule has 0 unspecified atom stereocenters. The number of piperazine rings is 1. The molecule has 2 aromatic rings. The van der Waals surface area contributed by atoms with Crippen LogP contribution in [-0.4, -0.2) is 69.7 Å². The second-order valence-electron chi connectivity index (χ2n) is 7.22. The van der Waals surface area contributed by atoms with E-state index in [-0.39, 0.29) is 12.5 Å². The van der Waals surface area contributed by atoms with Crippen LogP contribution < -0.4 is 14.4 Å². The van der Waals surface area contributed by atoms with Gasteiger partial charge in [-0.25, -0.2) is 0 Å². The van der Waals surface area contributed by atoms with Gasteiger partial charge in [-0.15, -0.1) is 0 Å². The molecule has 0 saturated carbocycles. The van der Waals surface area contributed by atoms with Crippen molar-refractivity contribution in [2.75, 3.05) is 58.9 Å². The Kier molecular flexibility index (Phi) is 6.76. The van der Waals surface area contributed by atoms with Crippen LogP contribution in [0.4, 0.5) is 5.69 Å². The first-order valence-electron chi connectivity index (χ1n) is 9.59. The Morgan fingerprint density at radius 2 is 1.71 bits per heavy atom. The largest absolute Gasteiger partial charge is 0.493 e. The maximum atomic E-state index is 12.5. The van der Waals surface area contributed by atoms with Gasteiger partial charge in [-0.1, -0.05) is 24.3 Å². The van der Waals surface area contributed by atoms with Crippen molar-refractivity contribution < 1.29 is 14.3 Å². The second kappa shape index (κ2) is 9.46. The van der Waals surface area contributed by atoms with Gasteiger partial charge in [-0.3, -0.25) is 4.79 Å². The summed E-state index contributed by atoms with van der Waals surface area (Å²) >= 11 is 0. The molecule has 6 nitrogen and oxygen atoms in total. The maximum Gasteiger partial charge on any atom is 0.260 e. The third-order valence-electron chi connectivity index (χ3n) is 4.83. The summed E-state index contributed by atoms with van der Waals surface area (Å²) in [6.07, 6.45) is 0. The van der Waals surface area contributed by atoms with Crippen molar-refractivity contribution >= 4 is 11.6 Å². The van der Waals surface area contributed by atoms with E-state index in [0.29, 0.717) is 24.6 Å². The number of ether oxygens (including phenoxy) is 2. The van der Waals surface area contributed by atoms with Crippen LogP contribution in [0, 0.1) is 0 Å². The number of methoxy groups -OCH3 is 1. The van der Waals surface area contributed by atoms with E-state index in [4.69, 9.17) is 9.47 Å².